The van der Waals surface area contributed by atoms with Gasteiger partial charge in [0.15, 0.2) is 0 Å². The van der Waals surface area contributed by atoms with E-state index in [0.29, 0.717) is 0 Å². The first-order valence-corrected chi connectivity index (χ1v) is 7.80. The number of aromatic nitrogens is 1. The lowest BCUT2D eigenvalue weighted by Crippen LogP contribution is -2.21. The number of nitrogens with zero attached hydrogens (tertiary/aromatic N) is 1. The van der Waals surface area contributed by atoms with E-state index >= 15 is 0 Å². The molecule has 102 valence electrons. The van der Waals surface area contributed by atoms with Gasteiger partial charge in [0.05, 0.1) is 11.6 Å². The summed E-state index contributed by atoms with van der Waals surface area (Å²) in [5.74, 6) is 0. The van der Waals surface area contributed by atoms with E-state index in [9.17, 15) is 0 Å². The van der Waals surface area contributed by atoms with Crippen molar-refractivity contribution < 1.29 is 0 Å². The van der Waals surface area contributed by atoms with Gasteiger partial charge in [0.1, 0.15) is 0 Å². The summed E-state index contributed by atoms with van der Waals surface area (Å²) in [6.45, 7) is 5.12. The molecule has 0 saturated heterocycles. The molecular formula is C17H18N2S. The van der Waals surface area contributed by atoms with Gasteiger partial charge >= 0.3 is 0 Å². The lowest BCUT2D eigenvalue weighted by molar-refractivity contribution is 0.640. The summed E-state index contributed by atoms with van der Waals surface area (Å²) in [5, 5.41) is 6.90. The van der Waals surface area contributed by atoms with Crippen molar-refractivity contribution in [1.82, 2.24) is 10.3 Å². The van der Waals surface area contributed by atoms with Crippen LogP contribution in [0.4, 0.5) is 0 Å². The topological polar surface area (TPSA) is 24.9 Å². The molecule has 3 heteroatoms. The molecular weight excluding hydrogens is 264 g/mol. The summed E-state index contributed by atoms with van der Waals surface area (Å²) in [7, 11) is 0. The number of rotatable bonds is 4. The molecule has 1 N–H and O–H groups in total. The van der Waals surface area contributed by atoms with E-state index < -0.39 is 0 Å². The number of benzene rings is 1. The van der Waals surface area contributed by atoms with Crippen molar-refractivity contribution in [3.63, 3.8) is 0 Å². The molecule has 0 saturated carbocycles. The molecule has 0 amide bonds. The highest BCUT2D eigenvalue weighted by Gasteiger charge is 2.14. The predicted octanol–water partition coefficient (Wildman–Crippen LogP) is 4.30. The fourth-order valence-corrected chi connectivity index (χ4v) is 3.29. The largest absolute Gasteiger partial charge is 0.306 e. The highest BCUT2D eigenvalue weighted by atomic mass is 32.1. The van der Waals surface area contributed by atoms with Gasteiger partial charge in [0, 0.05) is 16.0 Å². The first-order chi connectivity index (χ1) is 9.78. The maximum Gasteiger partial charge on any atom is 0.0705 e. The summed E-state index contributed by atoms with van der Waals surface area (Å²) < 4.78 is 0. The first kappa shape index (κ1) is 13.3. The molecule has 0 fully saturated rings. The van der Waals surface area contributed by atoms with Crippen LogP contribution in [0.5, 0.6) is 0 Å². The van der Waals surface area contributed by atoms with Crippen LogP contribution in [0.3, 0.4) is 0 Å². The molecule has 0 aliphatic heterocycles. The lowest BCUT2D eigenvalue weighted by atomic mass is 10.0. The Hall–Kier alpha value is -1.71. The van der Waals surface area contributed by atoms with Gasteiger partial charge in [0.2, 0.25) is 0 Å². The molecule has 0 radical (unpaired) electrons. The molecule has 1 aromatic carbocycles. The van der Waals surface area contributed by atoms with Gasteiger partial charge < -0.3 is 5.32 Å². The molecule has 0 bridgehead atoms. The van der Waals surface area contributed by atoms with Crippen LogP contribution in [-0.2, 0) is 0 Å². The Labute approximate surface area is 123 Å². The van der Waals surface area contributed by atoms with Gasteiger partial charge in [-0.3, -0.25) is 4.98 Å². The van der Waals surface area contributed by atoms with E-state index in [4.69, 9.17) is 0 Å². The van der Waals surface area contributed by atoms with Crippen LogP contribution in [0.1, 0.15) is 29.1 Å². The van der Waals surface area contributed by atoms with Crippen molar-refractivity contribution in [3.05, 3.63) is 64.0 Å². The number of pyridine rings is 1. The summed E-state index contributed by atoms with van der Waals surface area (Å²) in [6.07, 6.45) is 0. The predicted molar refractivity (Wildman–Crippen MR) is 86.3 cm³/mol. The van der Waals surface area contributed by atoms with E-state index in [1.54, 1.807) is 11.3 Å². The SMILES string of the molecule is CCNC(c1ccc2nc(C)ccc2c1)c1cccs1. The van der Waals surface area contributed by atoms with Crippen LogP contribution in [0.2, 0.25) is 0 Å². The molecule has 2 heterocycles. The fraction of sp³-hybridized carbons (Fsp3) is 0.235. The fourth-order valence-electron chi connectivity index (χ4n) is 2.47. The summed E-state index contributed by atoms with van der Waals surface area (Å²) in [6, 6.07) is 15.3. The van der Waals surface area contributed by atoms with Crippen LogP contribution in [0.15, 0.2) is 47.8 Å². The zero-order valence-electron chi connectivity index (χ0n) is 11.8. The van der Waals surface area contributed by atoms with Crippen molar-refractivity contribution in [1.29, 1.82) is 0 Å². The molecule has 2 nitrogen and oxygen atoms in total. The maximum atomic E-state index is 4.57. The van der Waals surface area contributed by atoms with Gasteiger partial charge in [-0.05, 0) is 48.7 Å². The molecule has 1 unspecified atom stereocenters. The molecule has 0 spiro atoms. The standard InChI is InChI=1S/C17H18N2S/c1-3-18-17(16-5-4-10-20-16)14-8-9-15-13(11-14)7-6-12(2)19-15/h4-11,17-18H,3H2,1-2H3. The van der Waals surface area contributed by atoms with Gasteiger partial charge in [-0.25, -0.2) is 0 Å². The second-order valence-corrected chi connectivity index (χ2v) is 5.89. The minimum Gasteiger partial charge on any atom is -0.306 e. The van der Waals surface area contributed by atoms with Crippen molar-refractivity contribution in [3.8, 4) is 0 Å². The zero-order chi connectivity index (χ0) is 13.9. The molecule has 0 aliphatic rings. The summed E-state index contributed by atoms with van der Waals surface area (Å²) in [5.41, 5.74) is 3.43. The quantitative estimate of drug-likeness (QED) is 0.771. The minimum atomic E-state index is 0.269. The Kier molecular flexibility index (Phi) is 3.81. The number of nitrogens with one attached hydrogen (secondary N) is 1. The van der Waals surface area contributed by atoms with Crippen molar-refractivity contribution in [2.75, 3.05) is 6.54 Å². The smallest absolute Gasteiger partial charge is 0.0705 e. The Bertz CT molecular complexity index is 704. The third kappa shape index (κ3) is 2.60. The number of thiophene rings is 1. The van der Waals surface area contributed by atoms with Gasteiger partial charge in [0.25, 0.3) is 0 Å². The molecule has 2 aromatic heterocycles. The number of hydrogen-bond donors (Lipinski definition) is 1. The number of fused-ring (bicyclic) bond motifs is 1. The third-order valence-corrected chi connectivity index (χ3v) is 4.36. The third-order valence-electron chi connectivity index (χ3n) is 3.42. The maximum absolute atomic E-state index is 4.57. The molecule has 1 atom stereocenters. The average molecular weight is 282 g/mol. The Balaban J connectivity index is 2.05. The van der Waals surface area contributed by atoms with Crippen LogP contribution in [0.25, 0.3) is 10.9 Å². The van der Waals surface area contributed by atoms with E-state index in [1.165, 1.54) is 15.8 Å². The second kappa shape index (κ2) is 5.73. The highest BCUT2D eigenvalue weighted by molar-refractivity contribution is 7.10. The molecule has 3 aromatic rings. The van der Waals surface area contributed by atoms with E-state index in [0.717, 1.165) is 17.8 Å². The van der Waals surface area contributed by atoms with Crippen molar-refractivity contribution in [2.24, 2.45) is 0 Å². The van der Waals surface area contributed by atoms with Crippen molar-refractivity contribution in [2.45, 2.75) is 19.9 Å². The molecule has 3 rings (SSSR count). The van der Waals surface area contributed by atoms with Crippen LogP contribution in [-0.4, -0.2) is 11.5 Å². The van der Waals surface area contributed by atoms with Gasteiger partial charge in [-0.2, -0.15) is 0 Å². The number of hydrogen-bond acceptors (Lipinski definition) is 3. The zero-order valence-corrected chi connectivity index (χ0v) is 12.6. The van der Waals surface area contributed by atoms with Crippen molar-refractivity contribution >= 4 is 22.2 Å². The normalized spacial score (nSPS) is 12.7. The van der Waals surface area contributed by atoms with E-state index in [1.807, 2.05) is 6.92 Å². The molecule has 20 heavy (non-hydrogen) atoms. The van der Waals surface area contributed by atoms with E-state index in [2.05, 4.69) is 65.1 Å². The minimum absolute atomic E-state index is 0.269. The monoisotopic (exact) mass is 282 g/mol. The average Bonchev–Trinajstić information content (AvgIpc) is 2.98. The summed E-state index contributed by atoms with van der Waals surface area (Å²) >= 11 is 1.80. The number of aryl methyl sites for hydroxylation is 1. The van der Waals surface area contributed by atoms with Crippen LogP contribution in [0, 0.1) is 6.92 Å². The van der Waals surface area contributed by atoms with Gasteiger partial charge in [-0.15, -0.1) is 11.3 Å². The summed E-state index contributed by atoms with van der Waals surface area (Å²) in [4.78, 5) is 5.92. The second-order valence-electron chi connectivity index (χ2n) is 4.91. The van der Waals surface area contributed by atoms with E-state index in [-0.39, 0.29) is 6.04 Å². The van der Waals surface area contributed by atoms with Crippen LogP contribution < -0.4 is 5.32 Å². The Morgan fingerprint density at radius 1 is 1.20 bits per heavy atom. The molecule has 0 aliphatic carbocycles. The van der Waals surface area contributed by atoms with Gasteiger partial charge in [-0.1, -0.05) is 25.1 Å². The van der Waals surface area contributed by atoms with Crippen LogP contribution >= 0.6 is 11.3 Å². The Morgan fingerprint density at radius 3 is 2.85 bits per heavy atom. The highest BCUT2D eigenvalue weighted by Crippen LogP contribution is 2.28. The Morgan fingerprint density at radius 2 is 2.10 bits per heavy atom. The first-order valence-electron chi connectivity index (χ1n) is 6.92. The lowest BCUT2D eigenvalue weighted by Gasteiger charge is -2.17.